The molecule has 5 heteroatoms. The molecule has 1 rings (SSSR count). The monoisotopic (exact) mass is 234 g/mol. The second-order valence-electron chi connectivity index (χ2n) is 2.84. The molecule has 0 atom stereocenters. The molecule has 72 valence electrons. The summed E-state index contributed by atoms with van der Waals surface area (Å²) in [6.45, 7) is 7.71. The molecule has 0 aromatic heterocycles. The largest absolute Gasteiger partial charge is 2.00 e. The van der Waals surface area contributed by atoms with Crippen LogP contribution in [0.15, 0.2) is 0 Å². The van der Waals surface area contributed by atoms with Crippen molar-refractivity contribution in [1.82, 2.24) is 10.6 Å². The minimum Gasteiger partial charge on any atom is -0.660 e. The fourth-order valence-corrected chi connectivity index (χ4v) is 1.11. The van der Waals surface area contributed by atoms with Crippen molar-refractivity contribution >= 4 is 0 Å². The van der Waals surface area contributed by atoms with Crippen molar-refractivity contribution in [2.45, 2.75) is 0 Å². The van der Waals surface area contributed by atoms with Gasteiger partial charge in [-0.2, -0.15) is 0 Å². The Labute approximate surface area is 93.4 Å². The fourth-order valence-electron chi connectivity index (χ4n) is 1.11. The minimum atomic E-state index is 0. The van der Waals surface area contributed by atoms with Gasteiger partial charge in [0.1, 0.15) is 0 Å². The topological polar surface area (TPSA) is 52.3 Å². The van der Waals surface area contributed by atoms with Crippen molar-refractivity contribution < 1.29 is 19.5 Å². The van der Waals surface area contributed by atoms with E-state index in [1.165, 1.54) is 0 Å². The van der Waals surface area contributed by atoms with Crippen molar-refractivity contribution in [1.29, 1.82) is 0 Å². The molecule has 0 spiro atoms. The number of rotatable bonds is 0. The van der Waals surface area contributed by atoms with Gasteiger partial charge in [-0.05, 0) is 26.2 Å². The molecule has 0 aromatic rings. The van der Waals surface area contributed by atoms with E-state index in [0.717, 1.165) is 52.4 Å². The van der Waals surface area contributed by atoms with E-state index >= 15 is 0 Å². The molecule has 0 aromatic carbocycles. The van der Waals surface area contributed by atoms with E-state index in [0.29, 0.717) is 0 Å². The van der Waals surface area contributed by atoms with Crippen molar-refractivity contribution in [2.24, 2.45) is 0 Å². The van der Waals surface area contributed by atoms with E-state index in [2.05, 4.69) is 21.3 Å². The van der Waals surface area contributed by atoms with Gasteiger partial charge in [-0.15, -0.1) is 26.2 Å². The van der Waals surface area contributed by atoms with Crippen molar-refractivity contribution in [3.8, 4) is 0 Å². The second kappa shape index (κ2) is 10.5. The van der Waals surface area contributed by atoms with Gasteiger partial charge >= 0.3 is 19.5 Å². The van der Waals surface area contributed by atoms with Crippen LogP contribution in [0.25, 0.3) is 10.6 Å². The molecule has 0 unspecified atom stereocenters. The van der Waals surface area contributed by atoms with Gasteiger partial charge in [0.25, 0.3) is 0 Å². The van der Waals surface area contributed by atoms with Crippen LogP contribution >= 0.6 is 0 Å². The molecule has 0 radical (unpaired) electrons. The average Bonchev–Trinajstić information content (AvgIpc) is 2.05. The van der Waals surface area contributed by atoms with Gasteiger partial charge in [0.2, 0.25) is 0 Å². The Morgan fingerprint density at radius 2 is 0.923 bits per heavy atom. The molecule has 1 aliphatic heterocycles. The molecule has 2 N–H and O–H groups in total. The average molecular weight is 236 g/mol. The molecule has 1 heterocycles. The summed E-state index contributed by atoms with van der Waals surface area (Å²) in [5, 5.41) is 15.3. The Balaban J connectivity index is 0.00000144. The maximum absolute atomic E-state index is 4.35. The van der Waals surface area contributed by atoms with Crippen molar-refractivity contribution in [3.05, 3.63) is 10.6 Å². The number of nitrogens with one attached hydrogen (secondary N) is 2. The van der Waals surface area contributed by atoms with Gasteiger partial charge < -0.3 is 21.3 Å². The van der Waals surface area contributed by atoms with E-state index in [-0.39, 0.29) is 19.5 Å². The summed E-state index contributed by atoms with van der Waals surface area (Å²) in [7, 11) is 0. The summed E-state index contributed by atoms with van der Waals surface area (Å²) in [4.78, 5) is 0. The molecule has 0 amide bonds. The standard InChI is InChI=1S/C8H18N4.Zn/c1-2-10-5-6-12-8-7-11-4-3-9-1;/h9,12H,1-8H2;/q-2;+2. The third-order valence-corrected chi connectivity index (χ3v) is 1.79. The van der Waals surface area contributed by atoms with Gasteiger partial charge in [-0.3, -0.25) is 0 Å². The van der Waals surface area contributed by atoms with E-state index in [1.807, 2.05) is 0 Å². The van der Waals surface area contributed by atoms with Gasteiger partial charge in [0, 0.05) is 0 Å². The summed E-state index contributed by atoms with van der Waals surface area (Å²) in [6.07, 6.45) is 0. The fraction of sp³-hybridized carbons (Fsp3) is 1.00. The minimum absolute atomic E-state index is 0. The first-order chi connectivity index (χ1) is 6.00. The van der Waals surface area contributed by atoms with Gasteiger partial charge in [-0.25, -0.2) is 0 Å². The first-order valence-electron chi connectivity index (χ1n) is 4.68. The number of nitrogens with zero attached hydrogens (tertiary/aromatic N) is 2. The van der Waals surface area contributed by atoms with E-state index in [9.17, 15) is 0 Å². The Hall–Kier alpha value is 0.463. The van der Waals surface area contributed by atoms with Gasteiger partial charge in [-0.1, -0.05) is 0 Å². The Kier molecular flexibility index (Phi) is 10.9. The normalized spacial score (nSPS) is 22.2. The molecule has 1 aliphatic rings. The molecule has 1 fully saturated rings. The van der Waals surface area contributed by atoms with Crippen molar-refractivity contribution in [3.63, 3.8) is 0 Å². The molecule has 0 saturated carbocycles. The van der Waals surface area contributed by atoms with Crippen LogP contribution in [0.3, 0.4) is 0 Å². The maximum atomic E-state index is 4.35. The SMILES string of the molecule is C1CNCC[N-]CCNCC[N-]1.[Zn+2]. The third kappa shape index (κ3) is 8.78. The van der Waals surface area contributed by atoms with Crippen LogP contribution in [0.5, 0.6) is 0 Å². The summed E-state index contributed by atoms with van der Waals surface area (Å²) in [5.41, 5.74) is 0. The summed E-state index contributed by atoms with van der Waals surface area (Å²) >= 11 is 0. The first-order valence-corrected chi connectivity index (χ1v) is 4.68. The predicted octanol–water partition coefficient (Wildman–Crippen LogP) is -0.0759. The summed E-state index contributed by atoms with van der Waals surface area (Å²) < 4.78 is 0. The maximum Gasteiger partial charge on any atom is 2.00 e. The molecule has 0 aliphatic carbocycles. The Bertz CT molecular complexity index is 59.1. The zero-order valence-electron chi connectivity index (χ0n) is 8.26. The second-order valence-corrected chi connectivity index (χ2v) is 2.84. The van der Waals surface area contributed by atoms with Crippen LogP contribution in [0.2, 0.25) is 0 Å². The van der Waals surface area contributed by atoms with E-state index in [1.54, 1.807) is 0 Å². The number of hydrogen-bond acceptors (Lipinski definition) is 2. The number of hydrogen-bond donors (Lipinski definition) is 2. The van der Waals surface area contributed by atoms with Crippen LogP contribution in [0.4, 0.5) is 0 Å². The van der Waals surface area contributed by atoms with Crippen LogP contribution in [0.1, 0.15) is 0 Å². The molecule has 4 nitrogen and oxygen atoms in total. The van der Waals surface area contributed by atoms with Gasteiger partial charge in [0.05, 0.1) is 0 Å². The van der Waals surface area contributed by atoms with Crippen LogP contribution in [-0.4, -0.2) is 52.4 Å². The zero-order chi connectivity index (χ0) is 8.49. The Morgan fingerprint density at radius 1 is 0.615 bits per heavy atom. The predicted molar refractivity (Wildman–Crippen MR) is 51.9 cm³/mol. The summed E-state index contributed by atoms with van der Waals surface area (Å²) in [5.74, 6) is 0. The third-order valence-electron chi connectivity index (χ3n) is 1.79. The van der Waals surface area contributed by atoms with Crippen LogP contribution < -0.4 is 10.6 Å². The van der Waals surface area contributed by atoms with Crippen molar-refractivity contribution in [2.75, 3.05) is 52.4 Å². The molecular formula is C8H18N4Zn. The molecule has 0 bridgehead atoms. The van der Waals surface area contributed by atoms with E-state index in [4.69, 9.17) is 0 Å². The smallest absolute Gasteiger partial charge is 0.660 e. The molecule has 13 heavy (non-hydrogen) atoms. The molecular weight excluding hydrogens is 218 g/mol. The first kappa shape index (κ1) is 13.5. The van der Waals surface area contributed by atoms with Crippen LogP contribution in [-0.2, 0) is 19.5 Å². The van der Waals surface area contributed by atoms with Crippen LogP contribution in [0, 0.1) is 0 Å². The Morgan fingerprint density at radius 3 is 1.23 bits per heavy atom. The van der Waals surface area contributed by atoms with Gasteiger partial charge in [0.15, 0.2) is 0 Å². The zero-order valence-corrected chi connectivity index (χ0v) is 11.2. The quantitative estimate of drug-likeness (QED) is 0.578. The summed E-state index contributed by atoms with van der Waals surface area (Å²) in [6, 6.07) is 0. The van der Waals surface area contributed by atoms with E-state index < -0.39 is 0 Å². The molecule has 1 saturated heterocycles.